The monoisotopic (exact) mass is 428 g/mol. The number of hydrogen-bond donors (Lipinski definition) is 2. The van der Waals surface area contributed by atoms with E-state index in [0.29, 0.717) is 29.3 Å². The van der Waals surface area contributed by atoms with Crippen LogP contribution in [0.3, 0.4) is 0 Å². The average molecular weight is 429 g/mol. The maximum absolute atomic E-state index is 13.5. The van der Waals surface area contributed by atoms with Crippen molar-refractivity contribution in [3.63, 3.8) is 0 Å². The summed E-state index contributed by atoms with van der Waals surface area (Å²) in [7, 11) is 0. The van der Waals surface area contributed by atoms with Crippen molar-refractivity contribution in [2.24, 2.45) is 0 Å². The molecular formula is C20H14ClFN4O2S. The lowest BCUT2D eigenvalue weighted by Gasteiger charge is -2.01. The predicted molar refractivity (Wildman–Crippen MR) is 111 cm³/mol. The van der Waals surface area contributed by atoms with Crippen molar-refractivity contribution < 1.29 is 13.9 Å². The second-order valence-electron chi connectivity index (χ2n) is 6.60. The number of ketones is 1. The minimum atomic E-state index is -0.529. The summed E-state index contributed by atoms with van der Waals surface area (Å²) in [5, 5.41) is 5.46. The minimum absolute atomic E-state index is 0.000235. The van der Waals surface area contributed by atoms with Crippen LogP contribution in [-0.4, -0.2) is 33.9 Å². The molecule has 1 aliphatic rings. The summed E-state index contributed by atoms with van der Waals surface area (Å²) in [6.45, 7) is 0.712. The number of ether oxygens (including phenoxy) is 1. The molecule has 5 rings (SSSR count). The van der Waals surface area contributed by atoms with E-state index >= 15 is 0 Å². The van der Waals surface area contributed by atoms with Crippen molar-refractivity contribution in [1.82, 2.24) is 15.0 Å². The molecule has 0 spiro atoms. The Morgan fingerprint density at radius 2 is 2.21 bits per heavy atom. The van der Waals surface area contributed by atoms with Crippen LogP contribution >= 0.6 is 22.9 Å². The third-order valence-electron chi connectivity index (χ3n) is 4.67. The molecule has 3 heterocycles. The normalized spacial score (nSPS) is 12.8. The fourth-order valence-electron chi connectivity index (χ4n) is 3.20. The number of anilines is 1. The Morgan fingerprint density at radius 1 is 1.31 bits per heavy atom. The van der Waals surface area contributed by atoms with Crippen LogP contribution < -0.4 is 10.1 Å². The van der Waals surface area contributed by atoms with Crippen molar-refractivity contribution in [3.05, 3.63) is 57.8 Å². The van der Waals surface area contributed by atoms with Gasteiger partial charge in [-0.25, -0.2) is 14.4 Å². The first kappa shape index (κ1) is 18.1. The number of nitrogens with zero attached hydrogens (tertiary/aromatic N) is 2. The molecule has 0 amide bonds. The maximum Gasteiger partial charge on any atom is 0.201 e. The zero-order valence-corrected chi connectivity index (χ0v) is 16.5. The Labute approximate surface area is 173 Å². The van der Waals surface area contributed by atoms with E-state index in [2.05, 4.69) is 26.3 Å². The van der Waals surface area contributed by atoms with Crippen LogP contribution in [0.4, 0.5) is 10.3 Å². The fraction of sp³-hybridized carbons (Fsp3) is 0.150. The smallest absolute Gasteiger partial charge is 0.201 e. The summed E-state index contributed by atoms with van der Waals surface area (Å²) >= 11 is 7.20. The SMILES string of the molecule is O=C(CNc1nc2cc(Cl)c(F)cc2[nH]1)c1csc(-c2ccc3c(c2)CCO3)n1. The molecule has 2 aromatic carbocycles. The minimum Gasteiger partial charge on any atom is -0.493 e. The zero-order chi connectivity index (χ0) is 20.0. The van der Waals surface area contributed by atoms with Gasteiger partial charge in [-0.05, 0) is 29.8 Å². The van der Waals surface area contributed by atoms with Gasteiger partial charge >= 0.3 is 0 Å². The highest BCUT2D eigenvalue weighted by atomic mass is 35.5. The first-order valence-corrected chi connectivity index (χ1v) is 10.2. The van der Waals surface area contributed by atoms with Crippen molar-refractivity contribution in [2.45, 2.75) is 6.42 Å². The number of fused-ring (bicyclic) bond motifs is 2. The highest BCUT2D eigenvalue weighted by Crippen LogP contribution is 2.32. The molecule has 0 radical (unpaired) electrons. The zero-order valence-electron chi connectivity index (χ0n) is 15.0. The number of nitrogens with one attached hydrogen (secondary N) is 2. The Bertz CT molecular complexity index is 1210. The number of halogens is 2. The molecule has 4 aromatic rings. The quantitative estimate of drug-likeness (QED) is 0.450. The summed E-state index contributed by atoms with van der Waals surface area (Å²) in [4.78, 5) is 24.2. The molecule has 0 atom stereocenters. The van der Waals surface area contributed by atoms with Crippen LogP contribution in [0.15, 0.2) is 35.7 Å². The van der Waals surface area contributed by atoms with Crippen molar-refractivity contribution >= 4 is 45.7 Å². The number of imidazole rings is 1. The predicted octanol–water partition coefficient (Wildman–Crippen LogP) is 4.71. The summed E-state index contributed by atoms with van der Waals surface area (Å²) in [5.41, 5.74) is 3.54. The maximum atomic E-state index is 13.5. The molecule has 0 aliphatic carbocycles. The van der Waals surface area contributed by atoms with Gasteiger partial charge in [0.2, 0.25) is 11.7 Å². The van der Waals surface area contributed by atoms with Crippen LogP contribution in [0, 0.1) is 5.82 Å². The van der Waals surface area contributed by atoms with Gasteiger partial charge in [0.25, 0.3) is 0 Å². The molecule has 0 unspecified atom stereocenters. The average Bonchev–Trinajstić information content (AvgIpc) is 3.45. The van der Waals surface area contributed by atoms with E-state index in [0.717, 1.165) is 28.3 Å². The van der Waals surface area contributed by atoms with E-state index in [9.17, 15) is 9.18 Å². The van der Waals surface area contributed by atoms with Crippen molar-refractivity contribution in [1.29, 1.82) is 0 Å². The van der Waals surface area contributed by atoms with Gasteiger partial charge in [0.15, 0.2) is 0 Å². The number of benzene rings is 2. The highest BCUT2D eigenvalue weighted by molar-refractivity contribution is 7.13. The summed E-state index contributed by atoms with van der Waals surface area (Å²) in [5.74, 6) is 0.585. The summed E-state index contributed by atoms with van der Waals surface area (Å²) < 4.78 is 19.1. The first-order chi connectivity index (χ1) is 14.1. The van der Waals surface area contributed by atoms with Gasteiger partial charge in [-0.2, -0.15) is 0 Å². The summed E-state index contributed by atoms with van der Waals surface area (Å²) in [6, 6.07) is 8.66. The van der Waals surface area contributed by atoms with Crippen molar-refractivity contribution in [2.75, 3.05) is 18.5 Å². The molecule has 2 aromatic heterocycles. The molecule has 0 fully saturated rings. The highest BCUT2D eigenvalue weighted by Gasteiger charge is 2.16. The first-order valence-electron chi connectivity index (χ1n) is 8.90. The van der Waals surface area contributed by atoms with Gasteiger partial charge in [-0.3, -0.25) is 4.79 Å². The van der Waals surface area contributed by atoms with Crippen LogP contribution in [0.25, 0.3) is 21.6 Å². The van der Waals surface area contributed by atoms with Gasteiger partial charge < -0.3 is 15.0 Å². The molecule has 146 valence electrons. The summed E-state index contributed by atoms with van der Waals surface area (Å²) in [6.07, 6.45) is 0.886. The van der Waals surface area contributed by atoms with E-state index in [-0.39, 0.29) is 17.4 Å². The molecule has 2 N–H and O–H groups in total. The number of H-pyrrole nitrogens is 1. The number of hydrogen-bond acceptors (Lipinski definition) is 6. The third kappa shape index (κ3) is 3.45. The Morgan fingerprint density at radius 3 is 3.10 bits per heavy atom. The molecule has 0 saturated heterocycles. The van der Waals surface area contributed by atoms with Gasteiger partial charge in [0.1, 0.15) is 22.3 Å². The van der Waals surface area contributed by atoms with E-state index in [1.807, 2.05) is 12.1 Å². The molecule has 1 aliphatic heterocycles. The lowest BCUT2D eigenvalue weighted by molar-refractivity contribution is 0.100. The number of Topliss-reactive ketones (excluding diaryl/α,β-unsaturated/α-hetero) is 1. The molecule has 6 nitrogen and oxygen atoms in total. The Kier molecular flexibility index (Phi) is 4.44. The molecule has 0 saturated carbocycles. The van der Waals surface area contributed by atoms with E-state index in [1.54, 1.807) is 5.38 Å². The van der Waals surface area contributed by atoms with Crippen LogP contribution in [0.1, 0.15) is 16.1 Å². The van der Waals surface area contributed by atoms with Crippen LogP contribution in [0.2, 0.25) is 5.02 Å². The molecular weight excluding hydrogens is 415 g/mol. The number of aromatic nitrogens is 3. The molecule has 29 heavy (non-hydrogen) atoms. The van der Waals surface area contributed by atoms with Gasteiger partial charge in [0, 0.05) is 23.4 Å². The fourth-order valence-corrected chi connectivity index (χ4v) is 4.18. The second-order valence-corrected chi connectivity index (χ2v) is 7.87. The third-order valence-corrected chi connectivity index (χ3v) is 5.85. The number of rotatable bonds is 5. The van der Waals surface area contributed by atoms with E-state index < -0.39 is 5.82 Å². The number of carbonyl (C=O) groups excluding carboxylic acids is 1. The van der Waals surface area contributed by atoms with Crippen LogP contribution in [-0.2, 0) is 6.42 Å². The van der Waals surface area contributed by atoms with E-state index in [4.69, 9.17) is 16.3 Å². The molecule has 9 heteroatoms. The lowest BCUT2D eigenvalue weighted by atomic mass is 10.1. The second kappa shape index (κ2) is 7.13. The molecule has 0 bridgehead atoms. The van der Waals surface area contributed by atoms with Gasteiger partial charge in [0.05, 0.1) is 29.2 Å². The number of thiazole rings is 1. The standard InChI is InChI=1S/C20H14ClFN4O2S/c21-12-6-14-15(7-13(12)22)26-20(25-14)23-8-17(27)16-9-29-19(24-16)11-1-2-18-10(5-11)3-4-28-18/h1-2,5-7,9H,3-4,8H2,(H2,23,25,26). The number of aromatic amines is 1. The largest absolute Gasteiger partial charge is 0.493 e. The lowest BCUT2D eigenvalue weighted by Crippen LogP contribution is -2.15. The topological polar surface area (TPSA) is 79.9 Å². The Hall–Kier alpha value is -2.97. The Balaban J connectivity index is 1.29. The number of carbonyl (C=O) groups is 1. The van der Waals surface area contributed by atoms with Crippen LogP contribution in [0.5, 0.6) is 5.75 Å². The van der Waals surface area contributed by atoms with Gasteiger partial charge in [-0.1, -0.05) is 11.6 Å². The van der Waals surface area contributed by atoms with Crippen molar-refractivity contribution in [3.8, 4) is 16.3 Å². The van der Waals surface area contributed by atoms with E-state index in [1.165, 1.54) is 23.5 Å². The van der Waals surface area contributed by atoms with Gasteiger partial charge in [-0.15, -0.1) is 11.3 Å².